The summed E-state index contributed by atoms with van der Waals surface area (Å²) in [6.07, 6.45) is 2.62. The van der Waals surface area contributed by atoms with E-state index in [9.17, 15) is 4.79 Å². The van der Waals surface area contributed by atoms with Crippen LogP contribution in [0.1, 0.15) is 27.7 Å². The van der Waals surface area contributed by atoms with Crippen molar-refractivity contribution in [2.45, 2.75) is 51.6 Å². The average molecular weight is 258 g/mol. The Kier molecular flexibility index (Phi) is 3.74. The van der Waals surface area contributed by atoms with Crippen LogP contribution in [0, 0.1) is 0 Å². The first-order valence-electron chi connectivity index (χ1n) is 5.77. The summed E-state index contributed by atoms with van der Waals surface area (Å²) in [6, 6.07) is 0. The molecule has 0 aromatic carbocycles. The summed E-state index contributed by atoms with van der Waals surface area (Å²) >= 11 is 0. The molecule has 0 aliphatic carbocycles. The number of rotatable bonds is 3. The van der Waals surface area contributed by atoms with Crippen molar-refractivity contribution in [1.29, 1.82) is 0 Å². The van der Waals surface area contributed by atoms with Crippen molar-refractivity contribution in [3.8, 4) is 0 Å². The van der Waals surface area contributed by atoms with Gasteiger partial charge in [-0.15, -0.1) is 0 Å². The fourth-order valence-electron chi connectivity index (χ4n) is 1.10. The molecule has 1 rings (SSSR count). The predicted molar refractivity (Wildman–Crippen MR) is 67.9 cm³/mol. The number of esters is 1. The highest BCUT2D eigenvalue weighted by molar-refractivity contribution is 6.74. The summed E-state index contributed by atoms with van der Waals surface area (Å²) in [5.74, 6) is -1.39. The Morgan fingerprint density at radius 1 is 1.41 bits per heavy atom. The molecule has 1 aliphatic heterocycles. The van der Waals surface area contributed by atoms with Gasteiger partial charge in [0.25, 0.3) is 5.79 Å². The molecule has 0 saturated heterocycles. The smallest absolute Gasteiger partial charge is 0.337 e. The number of hydrogen-bond acceptors (Lipinski definition) is 4. The summed E-state index contributed by atoms with van der Waals surface area (Å²) in [4.78, 5) is 11.2. The first kappa shape index (κ1) is 14.2. The molecule has 1 aliphatic rings. The Morgan fingerprint density at radius 3 is 2.47 bits per heavy atom. The van der Waals surface area contributed by atoms with Crippen LogP contribution in [0.25, 0.3) is 0 Å². The van der Waals surface area contributed by atoms with Crippen LogP contribution in [0.4, 0.5) is 0 Å². The van der Waals surface area contributed by atoms with Gasteiger partial charge in [0, 0.05) is 6.92 Å². The molecule has 0 aromatic rings. The number of cyclic esters (lactones) is 1. The third-order valence-corrected chi connectivity index (χ3v) is 7.82. The molecular formula is C12H22O4Si. The fourth-order valence-corrected chi connectivity index (χ4v) is 2.15. The second-order valence-electron chi connectivity index (χ2n) is 6.02. The molecular weight excluding hydrogens is 236 g/mol. The molecule has 17 heavy (non-hydrogen) atoms. The van der Waals surface area contributed by atoms with E-state index in [0.717, 1.165) is 0 Å². The van der Waals surface area contributed by atoms with Crippen molar-refractivity contribution in [3.63, 3.8) is 0 Å². The van der Waals surface area contributed by atoms with Crippen molar-refractivity contribution >= 4 is 14.3 Å². The normalized spacial score (nSPS) is 25.4. The number of carbonyl (C=O) groups is 1. The maximum Gasteiger partial charge on any atom is 0.337 e. The third kappa shape index (κ3) is 3.57. The summed E-state index contributed by atoms with van der Waals surface area (Å²) in [6.45, 7) is 12.8. The molecule has 0 N–H and O–H groups in total. The summed E-state index contributed by atoms with van der Waals surface area (Å²) in [7, 11) is -1.85. The van der Waals surface area contributed by atoms with Gasteiger partial charge in [-0.1, -0.05) is 20.8 Å². The molecule has 1 heterocycles. The molecule has 0 bridgehead atoms. The van der Waals surface area contributed by atoms with Crippen LogP contribution < -0.4 is 0 Å². The Morgan fingerprint density at radius 2 is 2.00 bits per heavy atom. The van der Waals surface area contributed by atoms with Crippen LogP contribution in [0.2, 0.25) is 18.1 Å². The molecule has 0 spiro atoms. The second kappa shape index (κ2) is 4.46. The summed E-state index contributed by atoms with van der Waals surface area (Å²) in [5.41, 5.74) is 0. The van der Waals surface area contributed by atoms with Crippen LogP contribution in [0.5, 0.6) is 0 Å². The van der Waals surface area contributed by atoms with Crippen LogP contribution in [0.3, 0.4) is 0 Å². The monoisotopic (exact) mass is 258 g/mol. The fraction of sp³-hybridized carbons (Fsp3) is 0.750. The van der Waals surface area contributed by atoms with Gasteiger partial charge >= 0.3 is 5.97 Å². The molecule has 4 nitrogen and oxygen atoms in total. The summed E-state index contributed by atoms with van der Waals surface area (Å²) in [5, 5.41) is 0.123. The topological polar surface area (TPSA) is 44.8 Å². The first-order chi connectivity index (χ1) is 7.56. The largest absolute Gasteiger partial charge is 0.458 e. The van der Waals surface area contributed by atoms with Gasteiger partial charge < -0.3 is 13.9 Å². The zero-order valence-electron chi connectivity index (χ0n) is 11.5. The van der Waals surface area contributed by atoms with E-state index in [0.29, 0.717) is 0 Å². The molecule has 0 amide bonds. The lowest BCUT2D eigenvalue weighted by Gasteiger charge is -2.39. The van der Waals surface area contributed by atoms with Gasteiger partial charge in [-0.3, -0.25) is 0 Å². The van der Waals surface area contributed by atoms with Crippen molar-refractivity contribution < 1.29 is 18.7 Å². The zero-order chi connectivity index (χ0) is 13.3. The number of carbonyl (C=O) groups excluding carboxylic acids is 1. The molecule has 0 saturated carbocycles. The number of hydrogen-bond donors (Lipinski definition) is 0. The molecule has 0 aromatic heterocycles. The van der Waals surface area contributed by atoms with Gasteiger partial charge in [0.15, 0.2) is 8.32 Å². The van der Waals surface area contributed by atoms with Gasteiger partial charge in [0.1, 0.15) is 6.61 Å². The predicted octanol–water partition coefficient (Wildman–Crippen LogP) is 2.81. The van der Waals surface area contributed by atoms with Gasteiger partial charge in [0.05, 0.1) is 12.3 Å². The molecule has 1 unspecified atom stereocenters. The molecule has 98 valence electrons. The van der Waals surface area contributed by atoms with Gasteiger partial charge in [-0.05, 0) is 18.1 Å². The quantitative estimate of drug-likeness (QED) is 0.577. The van der Waals surface area contributed by atoms with Gasteiger partial charge in [0.2, 0.25) is 0 Å². The molecule has 5 heteroatoms. The van der Waals surface area contributed by atoms with Crippen LogP contribution >= 0.6 is 0 Å². The van der Waals surface area contributed by atoms with Crippen molar-refractivity contribution in [2.24, 2.45) is 0 Å². The lowest BCUT2D eigenvalue weighted by molar-refractivity contribution is -0.217. The Labute approximate surface area is 104 Å². The van der Waals surface area contributed by atoms with Gasteiger partial charge in [-0.2, -0.15) is 0 Å². The van der Waals surface area contributed by atoms with Gasteiger partial charge in [-0.25, -0.2) is 4.79 Å². The third-order valence-electron chi connectivity index (χ3n) is 3.34. The average Bonchev–Trinajstić information content (AvgIpc) is 2.13. The maximum absolute atomic E-state index is 11.2. The maximum atomic E-state index is 11.2. The highest BCUT2D eigenvalue weighted by atomic mass is 28.4. The highest BCUT2D eigenvalue weighted by Crippen LogP contribution is 2.37. The van der Waals surface area contributed by atoms with E-state index in [-0.39, 0.29) is 11.6 Å². The zero-order valence-corrected chi connectivity index (χ0v) is 12.5. The molecule has 0 radical (unpaired) electrons. The van der Waals surface area contributed by atoms with Crippen molar-refractivity contribution in [2.75, 3.05) is 6.61 Å². The first-order valence-corrected chi connectivity index (χ1v) is 8.68. The van der Waals surface area contributed by atoms with E-state index in [1.54, 1.807) is 6.92 Å². The molecule has 1 atom stereocenters. The van der Waals surface area contributed by atoms with E-state index in [4.69, 9.17) is 13.9 Å². The highest BCUT2D eigenvalue weighted by Gasteiger charge is 2.41. The Hall–Kier alpha value is -0.813. The van der Waals surface area contributed by atoms with E-state index in [2.05, 4.69) is 33.9 Å². The van der Waals surface area contributed by atoms with E-state index >= 15 is 0 Å². The lowest BCUT2D eigenvalue weighted by Crippen LogP contribution is -2.48. The van der Waals surface area contributed by atoms with E-state index < -0.39 is 20.1 Å². The van der Waals surface area contributed by atoms with Crippen molar-refractivity contribution in [3.05, 3.63) is 12.3 Å². The van der Waals surface area contributed by atoms with Crippen LogP contribution in [0.15, 0.2) is 12.3 Å². The minimum Gasteiger partial charge on any atom is -0.458 e. The number of ether oxygens (including phenoxy) is 2. The van der Waals surface area contributed by atoms with E-state index in [1.165, 1.54) is 12.3 Å². The Balaban J connectivity index is 2.62. The summed E-state index contributed by atoms with van der Waals surface area (Å²) < 4.78 is 16.4. The van der Waals surface area contributed by atoms with Crippen LogP contribution in [-0.2, 0) is 18.7 Å². The van der Waals surface area contributed by atoms with E-state index in [1.807, 2.05) is 0 Å². The SMILES string of the molecule is CC1(CO[Si](C)(C)C(C)(C)C)OC=CC(=O)O1. The standard InChI is InChI=1S/C12H22O4Si/c1-11(2,3)17(5,6)15-9-12(4)14-8-7-10(13)16-12/h7-8H,9H2,1-6H3. The lowest BCUT2D eigenvalue weighted by atomic mass is 10.2. The Bertz CT molecular complexity index is 330. The second-order valence-corrected chi connectivity index (χ2v) is 10.8. The minimum atomic E-state index is -1.85. The molecule has 0 fully saturated rings. The van der Waals surface area contributed by atoms with Crippen molar-refractivity contribution in [1.82, 2.24) is 0 Å². The van der Waals surface area contributed by atoms with Crippen LogP contribution in [-0.4, -0.2) is 26.7 Å². The minimum absolute atomic E-state index is 0.123.